The first-order valence-electron chi connectivity index (χ1n) is 5.87. The molecule has 1 amide bonds. The molecule has 1 atom stereocenters. The minimum atomic E-state index is -0.321. The number of nitrogens with zero attached hydrogens (tertiary/aromatic N) is 1. The molecule has 0 aromatic carbocycles. The number of carbonyl (C=O) groups excluding carboxylic acids is 1. The zero-order valence-corrected chi connectivity index (χ0v) is 11.9. The number of terminal acetylenes is 1. The van der Waals surface area contributed by atoms with Gasteiger partial charge >= 0.3 is 0 Å². The summed E-state index contributed by atoms with van der Waals surface area (Å²) in [6.45, 7) is 5.56. The normalized spacial score (nSPS) is 12.1. The number of amides is 1. The van der Waals surface area contributed by atoms with Crippen molar-refractivity contribution >= 4 is 33.0 Å². The maximum absolute atomic E-state index is 12.1. The van der Waals surface area contributed by atoms with Crippen molar-refractivity contribution < 1.29 is 4.79 Å². The summed E-state index contributed by atoms with van der Waals surface area (Å²) in [5, 5.41) is 3.57. The van der Waals surface area contributed by atoms with Gasteiger partial charge in [0.05, 0.1) is 11.7 Å². The molecular weight excluding hydrogens is 258 g/mol. The summed E-state index contributed by atoms with van der Waals surface area (Å²) in [5.41, 5.74) is 8.30. The van der Waals surface area contributed by atoms with Gasteiger partial charge in [0.15, 0.2) is 0 Å². The number of aryl methyl sites for hydroxylation is 2. The van der Waals surface area contributed by atoms with Crippen LogP contribution in [-0.4, -0.2) is 16.9 Å². The lowest BCUT2D eigenvalue weighted by molar-refractivity contribution is 0.0953. The van der Waals surface area contributed by atoms with Gasteiger partial charge in [0, 0.05) is 21.5 Å². The molecule has 2 aromatic heterocycles. The summed E-state index contributed by atoms with van der Waals surface area (Å²) in [5.74, 6) is 2.22. The van der Waals surface area contributed by atoms with Gasteiger partial charge in [-0.25, -0.2) is 0 Å². The summed E-state index contributed by atoms with van der Waals surface area (Å²) in [4.78, 5) is 17.0. The molecule has 0 bridgehead atoms. The van der Waals surface area contributed by atoms with E-state index < -0.39 is 0 Å². The molecule has 2 rings (SSSR count). The molecule has 1 unspecified atom stereocenters. The Kier molecular flexibility index (Phi) is 3.45. The summed E-state index contributed by atoms with van der Waals surface area (Å²) in [7, 11) is 0. The van der Waals surface area contributed by atoms with Gasteiger partial charge < -0.3 is 11.1 Å². The van der Waals surface area contributed by atoms with E-state index in [1.165, 1.54) is 11.3 Å². The average molecular weight is 273 g/mol. The van der Waals surface area contributed by atoms with Crippen LogP contribution in [0.2, 0.25) is 0 Å². The van der Waals surface area contributed by atoms with Crippen molar-refractivity contribution in [3.63, 3.8) is 0 Å². The maximum Gasteiger partial charge on any atom is 0.264 e. The van der Waals surface area contributed by atoms with Crippen molar-refractivity contribution in [2.24, 2.45) is 0 Å². The van der Waals surface area contributed by atoms with Crippen LogP contribution < -0.4 is 11.1 Å². The van der Waals surface area contributed by atoms with Crippen LogP contribution in [-0.2, 0) is 0 Å². The molecule has 4 nitrogen and oxygen atoms in total. The molecule has 0 aliphatic rings. The number of pyridine rings is 1. The third-order valence-electron chi connectivity index (χ3n) is 2.82. The molecule has 0 saturated heterocycles. The Labute approximate surface area is 116 Å². The molecule has 0 saturated carbocycles. The van der Waals surface area contributed by atoms with Crippen LogP contribution in [0, 0.1) is 26.2 Å². The third-order valence-corrected chi connectivity index (χ3v) is 3.97. The monoisotopic (exact) mass is 273 g/mol. The first-order chi connectivity index (χ1) is 8.93. The lowest BCUT2D eigenvalue weighted by atomic mass is 10.2. The number of aromatic nitrogens is 1. The van der Waals surface area contributed by atoms with Crippen LogP contribution in [0.3, 0.4) is 0 Å². The quantitative estimate of drug-likeness (QED) is 0.825. The van der Waals surface area contributed by atoms with Crippen molar-refractivity contribution in [1.29, 1.82) is 0 Å². The maximum atomic E-state index is 12.1. The first kappa shape index (κ1) is 13.4. The second-order valence-electron chi connectivity index (χ2n) is 4.43. The van der Waals surface area contributed by atoms with E-state index in [1.54, 1.807) is 6.92 Å². The highest BCUT2D eigenvalue weighted by molar-refractivity contribution is 7.21. The molecule has 3 N–H and O–H groups in total. The number of carbonyl (C=O) groups is 1. The predicted octanol–water partition coefficient (Wildman–Crippen LogP) is 2.25. The summed E-state index contributed by atoms with van der Waals surface area (Å²) in [6.07, 6.45) is 5.25. The van der Waals surface area contributed by atoms with Crippen molar-refractivity contribution in [3.8, 4) is 12.3 Å². The van der Waals surface area contributed by atoms with Crippen LogP contribution in [0.5, 0.6) is 0 Å². The fourth-order valence-electron chi connectivity index (χ4n) is 1.95. The fraction of sp³-hybridized carbons (Fsp3) is 0.286. The van der Waals surface area contributed by atoms with E-state index in [1.807, 2.05) is 19.9 Å². The van der Waals surface area contributed by atoms with Crippen molar-refractivity contribution in [2.75, 3.05) is 5.73 Å². The van der Waals surface area contributed by atoms with Gasteiger partial charge in [0.2, 0.25) is 0 Å². The molecule has 0 radical (unpaired) electrons. The molecular formula is C14H15N3OS. The Morgan fingerprint density at radius 2 is 2.26 bits per heavy atom. The minimum Gasteiger partial charge on any atom is -0.397 e. The molecule has 2 heterocycles. The SMILES string of the molecule is C#CC(C)NC(=O)c1sc2cc(C)nc(C)c2c1N. The zero-order valence-electron chi connectivity index (χ0n) is 11.1. The topological polar surface area (TPSA) is 68.0 Å². The summed E-state index contributed by atoms with van der Waals surface area (Å²) in [6, 6.07) is 1.61. The number of nitrogens with one attached hydrogen (secondary N) is 1. The van der Waals surface area contributed by atoms with E-state index in [4.69, 9.17) is 12.2 Å². The van der Waals surface area contributed by atoms with E-state index in [0.29, 0.717) is 10.6 Å². The molecule has 5 heteroatoms. The van der Waals surface area contributed by atoms with E-state index in [0.717, 1.165) is 21.5 Å². The Morgan fingerprint density at radius 3 is 2.89 bits per heavy atom. The molecule has 0 aliphatic carbocycles. The lowest BCUT2D eigenvalue weighted by Crippen LogP contribution is -2.31. The largest absolute Gasteiger partial charge is 0.397 e. The number of fused-ring (bicyclic) bond motifs is 1. The number of hydrogen-bond acceptors (Lipinski definition) is 4. The lowest BCUT2D eigenvalue weighted by Gasteiger charge is -2.06. The van der Waals surface area contributed by atoms with Crippen molar-refractivity contribution in [3.05, 3.63) is 22.3 Å². The zero-order chi connectivity index (χ0) is 14.2. The number of thiophene rings is 1. The van der Waals surface area contributed by atoms with Crippen LogP contribution in [0.25, 0.3) is 10.1 Å². The Morgan fingerprint density at radius 1 is 1.58 bits per heavy atom. The van der Waals surface area contributed by atoms with Crippen molar-refractivity contribution in [2.45, 2.75) is 26.8 Å². The molecule has 0 fully saturated rings. The van der Waals surface area contributed by atoms with Gasteiger partial charge in [0.1, 0.15) is 4.88 Å². The second-order valence-corrected chi connectivity index (χ2v) is 5.48. The molecule has 0 spiro atoms. The highest BCUT2D eigenvalue weighted by Gasteiger charge is 2.19. The van der Waals surface area contributed by atoms with E-state index in [2.05, 4.69) is 16.2 Å². The van der Waals surface area contributed by atoms with Gasteiger partial charge in [-0.15, -0.1) is 17.8 Å². The summed E-state index contributed by atoms with van der Waals surface area (Å²) >= 11 is 1.37. The molecule has 0 aliphatic heterocycles. The predicted molar refractivity (Wildman–Crippen MR) is 79.3 cm³/mol. The Balaban J connectivity index is 2.52. The van der Waals surface area contributed by atoms with Gasteiger partial charge in [-0.2, -0.15) is 0 Å². The minimum absolute atomic E-state index is 0.235. The van der Waals surface area contributed by atoms with Crippen LogP contribution in [0.15, 0.2) is 6.07 Å². The van der Waals surface area contributed by atoms with Gasteiger partial charge in [0.25, 0.3) is 5.91 Å². The van der Waals surface area contributed by atoms with E-state index >= 15 is 0 Å². The third kappa shape index (κ3) is 2.40. The molecule has 19 heavy (non-hydrogen) atoms. The van der Waals surface area contributed by atoms with Crippen LogP contribution >= 0.6 is 11.3 Å². The Hall–Kier alpha value is -2.06. The smallest absolute Gasteiger partial charge is 0.264 e. The fourth-order valence-corrected chi connectivity index (χ4v) is 3.12. The van der Waals surface area contributed by atoms with Crippen LogP contribution in [0.4, 0.5) is 5.69 Å². The standard InChI is InChI=1S/C14H15N3OS/c1-5-7(2)17-14(18)13-12(15)11-9(4)16-8(3)6-10(11)19-13/h1,6-7H,15H2,2-4H3,(H,17,18). The van der Waals surface area contributed by atoms with E-state index in [9.17, 15) is 4.79 Å². The number of anilines is 1. The number of nitrogen functional groups attached to an aromatic ring is 1. The second kappa shape index (κ2) is 4.90. The number of hydrogen-bond donors (Lipinski definition) is 2. The van der Waals surface area contributed by atoms with Gasteiger partial charge in [-0.3, -0.25) is 9.78 Å². The number of nitrogens with two attached hydrogens (primary N) is 1. The molecule has 98 valence electrons. The van der Waals surface area contributed by atoms with Gasteiger partial charge in [-0.1, -0.05) is 5.92 Å². The summed E-state index contributed by atoms with van der Waals surface area (Å²) < 4.78 is 0.973. The highest BCUT2D eigenvalue weighted by Crippen LogP contribution is 2.35. The highest BCUT2D eigenvalue weighted by atomic mass is 32.1. The molecule has 2 aromatic rings. The van der Waals surface area contributed by atoms with Crippen molar-refractivity contribution in [1.82, 2.24) is 10.3 Å². The van der Waals surface area contributed by atoms with Gasteiger partial charge in [-0.05, 0) is 26.8 Å². The first-order valence-corrected chi connectivity index (χ1v) is 6.69. The Bertz CT molecular complexity index is 697. The van der Waals surface area contributed by atoms with E-state index in [-0.39, 0.29) is 11.9 Å². The van der Waals surface area contributed by atoms with Crippen LogP contribution in [0.1, 0.15) is 28.0 Å². The average Bonchev–Trinajstić information content (AvgIpc) is 2.66. The number of rotatable bonds is 2.